The van der Waals surface area contributed by atoms with E-state index in [1.165, 1.54) is 11.3 Å². The summed E-state index contributed by atoms with van der Waals surface area (Å²) in [5.74, 6) is -1.20. The van der Waals surface area contributed by atoms with Crippen molar-refractivity contribution >= 4 is 23.2 Å². The van der Waals surface area contributed by atoms with Crippen molar-refractivity contribution in [3.05, 3.63) is 15.6 Å². The largest absolute Gasteiger partial charge is 0.480 e. The average Bonchev–Trinajstić information content (AvgIpc) is 2.70. The minimum absolute atomic E-state index is 0.178. The Hall–Kier alpha value is -1.47. The SMILES string of the molecule is CCCc1nc(C)c(C(=O)NCCOCC(=O)O)s1. The van der Waals surface area contributed by atoms with Crippen LogP contribution in [0.5, 0.6) is 0 Å². The van der Waals surface area contributed by atoms with Gasteiger partial charge in [-0.25, -0.2) is 9.78 Å². The van der Waals surface area contributed by atoms with Gasteiger partial charge in [0, 0.05) is 6.54 Å². The Morgan fingerprint density at radius 1 is 1.47 bits per heavy atom. The zero-order chi connectivity index (χ0) is 14.3. The number of carboxylic acid groups (broad SMARTS) is 1. The van der Waals surface area contributed by atoms with Gasteiger partial charge in [-0.3, -0.25) is 4.79 Å². The lowest BCUT2D eigenvalue weighted by atomic mass is 10.3. The van der Waals surface area contributed by atoms with Gasteiger partial charge in [0.2, 0.25) is 0 Å². The third kappa shape index (κ3) is 5.35. The summed E-state index contributed by atoms with van der Waals surface area (Å²) in [5.41, 5.74) is 0.734. The summed E-state index contributed by atoms with van der Waals surface area (Å²) in [5, 5.41) is 12.0. The van der Waals surface area contributed by atoms with E-state index < -0.39 is 5.97 Å². The predicted octanol–water partition coefficient (Wildman–Crippen LogP) is 1.24. The average molecular weight is 286 g/mol. The van der Waals surface area contributed by atoms with Crippen LogP contribution in [-0.4, -0.2) is 41.7 Å². The van der Waals surface area contributed by atoms with Crippen molar-refractivity contribution in [3.63, 3.8) is 0 Å². The molecule has 1 rings (SSSR count). The molecule has 1 amide bonds. The Labute approximate surface area is 115 Å². The van der Waals surface area contributed by atoms with Crippen LogP contribution in [-0.2, 0) is 16.0 Å². The molecule has 1 aromatic rings. The maximum absolute atomic E-state index is 11.9. The number of aryl methyl sites for hydroxylation is 2. The van der Waals surface area contributed by atoms with Crippen LogP contribution in [0.3, 0.4) is 0 Å². The number of nitrogens with zero attached hydrogens (tertiary/aromatic N) is 1. The second-order valence-corrected chi connectivity index (χ2v) is 5.06. The van der Waals surface area contributed by atoms with Crippen LogP contribution in [0.4, 0.5) is 0 Å². The van der Waals surface area contributed by atoms with Crippen molar-refractivity contribution in [3.8, 4) is 0 Å². The van der Waals surface area contributed by atoms with Gasteiger partial charge in [0.05, 0.1) is 17.3 Å². The smallest absolute Gasteiger partial charge is 0.329 e. The molecule has 7 heteroatoms. The number of carbonyl (C=O) groups is 2. The highest BCUT2D eigenvalue weighted by Crippen LogP contribution is 2.19. The van der Waals surface area contributed by atoms with E-state index >= 15 is 0 Å². The molecule has 106 valence electrons. The molecule has 1 aromatic heterocycles. The summed E-state index contributed by atoms with van der Waals surface area (Å²) in [6.07, 6.45) is 1.87. The maximum Gasteiger partial charge on any atom is 0.329 e. The summed E-state index contributed by atoms with van der Waals surface area (Å²) < 4.78 is 4.83. The molecule has 0 saturated carbocycles. The van der Waals surface area contributed by atoms with Gasteiger partial charge in [0.25, 0.3) is 5.91 Å². The van der Waals surface area contributed by atoms with Gasteiger partial charge in [-0.15, -0.1) is 11.3 Å². The van der Waals surface area contributed by atoms with Gasteiger partial charge in [0.1, 0.15) is 11.5 Å². The van der Waals surface area contributed by atoms with E-state index in [2.05, 4.69) is 17.2 Å². The molecule has 0 atom stereocenters. The molecule has 0 saturated heterocycles. The second-order valence-electron chi connectivity index (χ2n) is 3.97. The summed E-state index contributed by atoms with van der Waals surface area (Å²) >= 11 is 1.40. The molecule has 1 heterocycles. The van der Waals surface area contributed by atoms with E-state index in [-0.39, 0.29) is 25.7 Å². The van der Waals surface area contributed by atoms with Crippen molar-refractivity contribution in [1.82, 2.24) is 10.3 Å². The van der Waals surface area contributed by atoms with E-state index in [0.29, 0.717) is 4.88 Å². The van der Waals surface area contributed by atoms with E-state index in [9.17, 15) is 9.59 Å². The number of aromatic nitrogens is 1. The van der Waals surface area contributed by atoms with Crippen LogP contribution in [0.2, 0.25) is 0 Å². The lowest BCUT2D eigenvalue weighted by molar-refractivity contribution is -0.142. The summed E-state index contributed by atoms with van der Waals surface area (Å²) in [7, 11) is 0. The number of thiazole rings is 1. The Kier molecular flexibility index (Phi) is 6.44. The topological polar surface area (TPSA) is 88.5 Å². The van der Waals surface area contributed by atoms with Crippen molar-refractivity contribution in [2.75, 3.05) is 19.8 Å². The Balaban J connectivity index is 2.38. The fourth-order valence-electron chi connectivity index (χ4n) is 1.46. The number of carboxylic acids is 1. The van der Waals surface area contributed by atoms with Crippen molar-refractivity contribution in [2.45, 2.75) is 26.7 Å². The van der Waals surface area contributed by atoms with E-state index in [1.54, 1.807) is 0 Å². The lowest BCUT2D eigenvalue weighted by Crippen LogP contribution is -2.27. The molecule has 0 fully saturated rings. The van der Waals surface area contributed by atoms with Crippen LogP contribution in [0.25, 0.3) is 0 Å². The number of hydrogen-bond donors (Lipinski definition) is 2. The van der Waals surface area contributed by atoms with Gasteiger partial charge in [0.15, 0.2) is 0 Å². The van der Waals surface area contributed by atoms with E-state index in [1.807, 2.05) is 6.92 Å². The van der Waals surface area contributed by atoms with Gasteiger partial charge in [-0.2, -0.15) is 0 Å². The molecular weight excluding hydrogens is 268 g/mol. The highest BCUT2D eigenvalue weighted by Gasteiger charge is 2.14. The number of rotatable bonds is 8. The van der Waals surface area contributed by atoms with Gasteiger partial charge >= 0.3 is 5.97 Å². The van der Waals surface area contributed by atoms with E-state index in [4.69, 9.17) is 9.84 Å². The second kappa shape index (κ2) is 7.85. The number of amides is 1. The number of nitrogens with one attached hydrogen (secondary N) is 1. The zero-order valence-corrected chi connectivity index (χ0v) is 11.9. The van der Waals surface area contributed by atoms with Crippen molar-refractivity contribution in [2.24, 2.45) is 0 Å². The molecule has 0 aliphatic rings. The molecule has 0 aliphatic heterocycles. The highest BCUT2D eigenvalue weighted by molar-refractivity contribution is 7.13. The molecule has 2 N–H and O–H groups in total. The first kappa shape index (κ1) is 15.6. The summed E-state index contributed by atoms with van der Waals surface area (Å²) in [6.45, 7) is 3.99. The van der Waals surface area contributed by atoms with Gasteiger partial charge in [-0.1, -0.05) is 6.92 Å². The summed E-state index contributed by atoms with van der Waals surface area (Å²) in [4.78, 5) is 27.0. The molecule has 0 bridgehead atoms. The number of hydrogen-bond acceptors (Lipinski definition) is 5. The number of ether oxygens (including phenoxy) is 1. The molecule has 0 aromatic carbocycles. The molecule has 0 aliphatic carbocycles. The Morgan fingerprint density at radius 3 is 2.84 bits per heavy atom. The molecular formula is C12H18N2O4S. The normalized spacial score (nSPS) is 10.4. The summed E-state index contributed by atoms with van der Waals surface area (Å²) in [6, 6.07) is 0. The van der Waals surface area contributed by atoms with Gasteiger partial charge < -0.3 is 15.2 Å². The molecule has 0 spiro atoms. The first-order chi connectivity index (χ1) is 9.04. The third-order valence-corrected chi connectivity index (χ3v) is 3.48. The van der Waals surface area contributed by atoms with Crippen LogP contribution in [0.15, 0.2) is 0 Å². The zero-order valence-electron chi connectivity index (χ0n) is 11.1. The fraction of sp³-hybridized carbons (Fsp3) is 0.583. The molecule has 6 nitrogen and oxygen atoms in total. The Morgan fingerprint density at radius 2 is 2.21 bits per heavy atom. The molecule has 0 radical (unpaired) electrons. The minimum atomic E-state index is -1.02. The molecule has 19 heavy (non-hydrogen) atoms. The third-order valence-electron chi connectivity index (χ3n) is 2.27. The fourth-order valence-corrected chi connectivity index (χ4v) is 2.54. The van der Waals surface area contributed by atoms with Crippen molar-refractivity contribution in [1.29, 1.82) is 0 Å². The maximum atomic E-state index is 11.9. The van der Waals surface area contributed by atoms with Crippen LogP contribution < -0.4 is 5.32 Å². The number of aliphatic carboxylic acids is 1. The minimum Gasteiger partial charge on any atom is -0.480 e. The van der Waals surface area contributed by atoms with Crippen LogP contribution in [0, 0.1) is 6.92 Å². The standard InChI is InChI=1S/C12H18N2O4S/c1-3-4-9-14-8(2)11(19-9)12(17)13-5-6-18-7-10(15)16/h3-7H2,1-2H3,(H,13,17)(H,15,16). The first-order valence-corrected chi connectivity index (χ1v) is 6.90. The van der Waals surface area contributed by atoms with Crippen molar-refractivity contribution < 1.29 is 19.4 Å². The first-order valence-electron chi connectivity index (χ1n) is 6.08. The monoisotopic (exact) mass is 286 g/mol. The highest BCUT2D eigenvalue weighted by atomic mass is 32.1. The Bertz CT molecular complexity index is 445. The van der Waals surface area contributed by atoms with Crippen LogP contribution >= 0.6 is 11.3 Å². The lowest BCUT2D eigenvalue weighted by Gasteiger charge is -2.03. The predicted molar refractivity (Wildman–Crippen MR) is 71.6 cm³/mol. The van der Waals surface area contributed by atoms with Gasteiger partial charge in [-0.05, 0) is 19.8 Å². The quantitative estimate of drug-likeness (QED) is 0.702. The molecule has 0 unspecified atom stereocenters. The number of carbonyl (C=O) groups excluding carboxylic acids is 1. The van der Waals surface area contributed by atoms with Crippen LogP contribution in [0.1, 0.15) is 33.7 Å². The van der Waals surface area contributed by atoms with E-state index in [0.717, 1.165) is 23.5 Å².